The zero-order chi connectivity index (χ0) is 92.7. The van der Waals surface area contributed by atoms with Crippen molar-refractivity contribution in [2.45, 2.75) is 228 Å². The van der Waals surface area contributed by atoms with Crippen LogP contribution in [0, 0.1) is 34.6 Å². The third kappa shape index (κ3) is 26.2. The molecular weight excluding hydrogens is 1490 g/mol. The van der Waals surface area contributed by atoms with Crippen molar-refractivity contribution in [3.63, 3.8) is 0 Å². The van der Waals surface area contributed by atoms with Gasteiger partial charge in [-0.15, -0.1) is 9.20 Å². The van der Waals surface area contributed by atoms with E-state index >= 15 is 0 Å². The number of para-hydroxylation sites is 8. The summed E-state index contributed by atoms with van der Waals surface area (Å²) in [6.07, 6.45) is 14.2. The molecule has 9 aromatic heterocycles. The van der Waals surface area contributed by atoms with Gasteiger partial charge in [0.15, 0.2) is 13.2 Å². The summed E-state index contributed by atoms with van der Waals surface area (Å²) in [4.78, 5) is 0. The number of fused-ring (bicyclic) bond motifs is 15. The minimum absolute atomic E-state index is 1.14. The van der Waals surface area contributed by atoms with E-state index in [4.69, 9.17) is 0 Å². The number of hydrogen-bond donors (Lipinski definition) is 0. The Kier molecular flexibility index (Phi) is 55.7. The molecule has 0 radical (unpaired) electrons. The van der Waals surface area contributed by atoms with E-state index in [9.17, 15) is 0 Å². The quantitative estimate of drug-likeness (QED) is 0.128. The zero-order valence-electron chi connectivity index (χ0n) is 83.1. The third-order valence-corrected chi connectivity index (χ3v) is 18.3. The second kappa shape index (κ2) is 61.6. The van der Waals surface area contributed by atoms with Crippen LogP contribution in [0.2, 0.25) is 0 Å². The molecule has 11 heteroatoms. The molecular formula is C111H161N11+4. The van der Waals surface area contributed by atoms with Crippen molar-refractivity contribution in [3.05, 3.63) is 314 Å². The van der Waals surface area contributed by atoms with Crippen LogP contribution in [0.3, 0.4) is 0 Å². The largest absolute Gasteiger partial charge is 0.369 e. The molecule has 0 fully saturated rings. The molecule has 0 unspecified atom stereocenters. The second-order valence-corrected chi connectivity index (χ2v) is 24.5. The molecule has 0 aliphatic carbocycles. The highest BCUT2D eigenvalue weighted by atomic mass is 15.3. The van der Waals surface area contributed by atoms with E-state index < -0.39 is 0 Å². The molecule has 0 aliphatic rings. The lowest BCUT2D eigenvalue weighted by Gasteiger charge is -2.08. The van der Waals surface area contributed by atoms with Crippen LogP contribution < -0.4 is 18.4 Å². The van der Waals surface area contributed by atoms with Crippen molar-refractivity contribution in [1.82, 2.24) is 32.6 Å². The van der Waals surface area contributed by atoms with E-state index in [2.05, 4.69) is 372 Å². The van der Waals surface area contributed by atoms with E-state index in [1.165, 1.54) is 132 Å². The summed E-state index contributed by atoms with van der Waals surface area (Å²) < 4.78 is 22.1. The predicted octanol–water partition coefficient (Wildman–Crippen LogP) is 31.0. The molecule has 656 valence electrons. The maximum absolute atomic E-state index is 4.16. The average Bonchev–Trinajstić information content (AvgIpc) is 1.70. The van der Waals surface area contributed by atoms with Gasteiger partial charge in [-0.3, -0.25) is 0 Å². The number of rotatable bonds is 4. The number of aromatic nitrogens is 11. The van der Waals surface area contributed by atoms with Gasteiger partial charge in [0.1, 0.15) is 44.3 Å². The standard InChI is InChI=1S/2C19H17N2.C18H18N3.C17H15N2.C10H10N2.14C2H6/c1-14-8-3-5-11-17(14)21-18-12-6-4-9-15(18)16-10-7-13-20(2)19(16)21;1-14-8-7-10-16-15-9-3-4-11-17(15)21(19(14)16)18-12-5-6-13-20(18)2;1-13-7-6-9-15-14-8-4-5-10-16(14)21(17(13)15)18-19(2)11-12-20(18)3;1-12-6-5-9-15-13-7-3-4-8-14(13)16-10-11-18(2)19(16)17(12)15;1-9-5-2-3-6-10(9)12-8-4-7-11-12;14*1-2/h2*3-13H,1-2H3;4-12H,1-3H3;3-11H,1-2H3;2-8H,1H3;14*1-2H3/q4*+1;;;;;;;;;;;;;;;. The lowest BCUT2D eigenvalue weighted by atomic mass is 10.0. The first-order valence-electron chi connectivity index (χ1n) is 46.1. The summed E-state index contributed by atoms with van der Waals surface area (Å²) in [7, 11) is 10.5. The van der Waals surface area contributed by atoms with Crippen LogP contribution in [0.4, 0.5) is 0 Å². The van der Waals surface area contributed by atoms with Crippen molar-refractivity contribution in [3.8, 4) is 23.1 Å². The summed E-state index contributed by atoms with van der Waals surface area (Å²) in [6.45, 7) is 66.8. The Labute approximate surface area is 739 Å². The molecule has 0 spiro atoms. The molecule has 11 nitrogen and oxygen atoms in total. The molecule has 0 saturated carbocycles. The normalized spacial score (nSPS) is 9.39. The van der Waals surface area contributed by atoms with Crippen molar-refractivity contribution in [2.24, 2.45) is 35.2 Å². The first kappa shape index (κ1) is 110. The topological polar surface area (TPSA) is 57.5 Å². The van der Waals surface area contributed by atoms with Crippen LogP contribution in [0.25, 0.3) is 116 Å². The van der Waals surface area contributed by atoms with Gasteiger partial charge in [0, 0.05) is 62.2 Å². The molecule has 0 saturated heterocycles. The average molecular weight is 1650 g/mol. The molecule has 122 heavy (non-hydrogen) atoms. The molecule has 0 aliphatic heterocycles. The number of benzene rings is 9. The minimum Gasteiger partial charge on any atom is -0.241 e. The van der Waals surface area contributed by atoms with E-state index in [0.717, 1.165) is 11.6 Å². The maximum atomic E-state index is 4.16. The lowest BCUT2D eigenvalue weighted by Crippen LogP contribution is -2.34. The van der Waals surface area contributed by atoms with Crippen LogP contribution in [0.1, 0.15) is 222 Å². The monoisotopic (exact) mass is 1650 g/mol. The SMILES string of the molecule is CC.CC.CC.CC.CC.CC.CC.CC.CC.CC.CC.CC.CC.CC.Cc1cccc2c3ccccc3c3cc[n+](C)n3c12.Cc1cccc2c3ccccc3n(-c3cccc[n+]3C)c12.Cc1cccc2c3ccccc3n(-c3n(C)cc[n+]3C)c12.Cc1ccccc1-n1c2ccccc2c2ccc[n+](C)c21.Cc1ccccc1-n1cccn1. The Bertz CT molecular complexity index is 5650. The summed E-state index contributed by atoms with van der Waals surface area (Å²) in [5.74, 6) is 2.34. The van der Waals surface area contributed by atoms with Crippen LogP contribution in [0.15, 0.2) is 286 Å². The van der Waals surface area contributed by atoms with Crippen molar-refractivity contribution in [1.29, 1.82) is 0 Å². The van der Waals surface area contributed by atoms with Gasteiger partial charge in [-0.1, -0.05) is 352 Å². The fourth-order valence-corrected chi connectivity index (χ4v) is 13.9. The lowest BCUT2D eigenvalue weighted by molar-refractivity contribution is -0.735. The van der Waals surface area contributed by atoms with Crippen LogP contribution in [-0.2, 0) is 35.2 Å². The first-order chi connectivity index (χ1) is 59.9. The first-order valence-corrected chi connectivity index (χ1v) is 46.1. The van der Waals surface area contributed by atoms with E-state index in [-0.39, 0.29) is 0 Å². The van der Waals surface area contributed by atoms with Gasteiger partial charge in [0.05, 0.1) is 64.1 Å². The molecule has 18 aromatic rings. The molecule has 9 heterocycles. The zero-order valence-corrected chi connectivity index (χ0v) is 83.1. The van der Waals surface area contributed by atoms with E-state index in [1.807, 2.05) is 223 Å². The molecule has 9 aromatic carbocycles. The Hall–Kier alpha value is -11.7. The smallest absolute Gasteiger partial charge is 0.241 e. The number of imidazole rings is 1. The summed E-state index contributed by atoms with van der Waals surface area (Å²) in [5.41, 5.74) is 18.9. The summed E-state index contributed by atoms with van der Waals surface area (Å²) in [6, 6.07) is 85.5. The third-order valence-electron chi connectivity index (χ3n) is 18.3. The van der Waals surface area contributed by atoms with E-state index in [0.29, 0.717) is 0 Å². The fourth-order valence-electron chi connectivity index (χ4n) is 13.9. The maximum Gasteiger partial charge on any atom is 0.369 e. The molecule has 0 atom stereocenters. The Balaban J connectivity index is 0.00000141. The second-order valence-electron chi connectivity index (χ2n) is 24.5. The predicted molar refractivity (Wildman–Crippen MR) is 545 cm³/mol. The van der Waals surface area contributed by atoms with Crippen LogP contribution in [0.5, 0.6) is 0 Å². The van der Waals surface area contributed by atoms with Crippen molar-refractivity contribution >= 4 is 92.7 Å². The van der Waals surface area contributed by atoms with Gasteiger partial charge in [-0.05, 0) is 141 Å². The van der Waals surface area contributed by atoms with E-state index in [1.54, 1.807) is 6.20 Å². The highest BCUT2D eigenvalue weighted by Crippen LogP contribution is 2.36. The molecule has 18 rings (SSSR count). The fraction of sp³-hybridized carbons (Fsp3) is 0.342. The van der Waals surface area contributed by atoms with Crippen LogP contribution in [-0.4, -0.2) is 32.6 Å². The Morgan fingerprint density at radius 3 is 1.04 bits per heavy atom. The Morgan fingerprint density at radius 1 is 0.246 bits per heavy atom. The molecule has 0 bridgehead atoms. The van der Waals surface area contributed by atoms with Crippen LogP contribution >= 0.6 is 0 Å². The number of pyridine rings is 3. The summed E-state index contributed by atoms with van der Waals surface area (Å²) in [5, 5.41) is 15.9. The van der Waals surface area contributed by atoms with Gasteiger partial charge in [-0.25, -0.2) is 23.0 Å². The van der Waals surface area contributed by atoms with Gasteiger partial charge < -0.3 is 0 Å². The van der Waals surface area contributed by atoms with Crippen molar-refractivity contribution < 1.29 is 18.4 Å². The van der Waals surface area contributed by atoms with Gasteiger partial charge in [0.25, 0.3) is 11.5 Å². The van der Waals surface area contributed by atoms with Gasteiger partial charge in [0.2, 0.25) is 0 Å². The number of nitrogens with zero attached hydrogens (tertiary/aromatic N) is 11. The Morgan fingerprint density at radius 2 is 0.598 bits per heavy atom. The number of hydrogen-bond acceptors (Lipinski definition) is 1. The highest BCUT2D eigenvalue weighted by Gasteiger charge is 2.26. The summed E-state index contributed by atoms with van der Waals surface area (Å²) >= 11 is 0. The van der Waals surface area contributed by atoms with Crippen molar-refractivity contribution in [2.75, 3.05) is 0 Å². The van der Waals surface area contributed by atoms with Gasteiger partial charge in [-0.2, -0.15) is 18.8 Å². The van der Waals surface area contributed by atoms with Gasteiger partial charge >= 0.3 is 5.95 Å². The molecule has 0 N–H and O–H groups in total. The molecule has 0 amide bonds. The minimum atomic E-state index is 1.14. The number of aryl methyl sites for hydroxylation is 10. The highest BCUT2D eigenvalue weighted by molar-refractivity contribution is 6.14.